The average molecular weight is 307 g/mol. The van der Waals surface area contributed by atoms with E-state index in [2.05, 4.69) is 45.5 Å². The first-order valence-corrected chi connectivity index (χ1v) is 9.71. The van der Waals surface area contributed by atoms with E-state index >= 15 is 0 Å². The zero-order valence-electron chi connectivity index (χ0n) is 11.4. The molecule has 16 heavy (non-hydrogen) atoms. The number of allylic oxidation sites excluding steroid dienone is 1. The van der Waals surface area contributed by atoms with Crippen molar-refractivity contribution < 1.29 is 0 Å². The van der Waals surface area contributed by atoms with Crippen molar-refractivity contribution in [2.24, 2.45) is 5.92 Å². The molecular formula is C14H28SSe. The summed E-state index contributed by atoms with van der Waals surface area (Å²) in [6, 6.07) is 0. The number of thioether (sulfide) groups is 1. The summed E-state index contributed by atoms with van der Waals surface area (Å²) in [4.78, 5) is 0. The molecule has 2 heteroatoms. The molecule has 0 bridgehead atoms. The van der Waals surface area contributed by atoms with Crippen LogP contribution in [-0.4, -0.2) is 20.7 Å². The van der Waals surface area contributed by atoms with Gasteiger partial charge < -0.3 is 0 Å². The van der Waals surface area contributed by atoms with Crippen LogP contribution in [0.3, 0.4) is 0 Å². The standard InChI is InChI=1S/C14H28SSe/c1-5-7-8-9-10-11-14(16-6-2)15-12-13(3)4/h11,13H,5-10,12H2,1-4H3/b14-11-. The van der Waals surface area contributed by atoms with E-state index in [-0.39, 0.29) is 0 Å². The Morgan fingerprint density at radius 1 is 1.19 bits per heavy atom. The van der Waals surface area contributed by atoms with Gasteiger partial charge in [0.15, 0.2) is 0 Å². The molecule has 0 atom stereocenters. The van der Waals surface area contributed by atoms with E-state index in [1.807, 2.05) is 0 Å². The Morgan fingerprint density at radius 3 is 2.50 bits per heavy atom. The van der Waals surface area contributed by atoms with Crippen LogP contribution in [0.1, 0.15) is 59.8 Å². The van der Waals surface area contributed by atoms with Gasteiger partial charge in [0.05, 0.1) is 0 Å². The molecule has 0 nitrogen and oxygen atoms in total. The fourth-order valence-corrected chi connectivity index (χ4v) is 4.81. The van der Waals surface area contributed by atoms with Crippen molar-refractivity contribution in [2.75, 3.05) is 5.75 Å². The van der Waals surface area contributed by atoms with Crippen molar-refractivity contribution in [3.05, 3.63) is 9.88 Å². The summed E-state index contributed by atoms with van der Waals surface area (Å²) in [6.07, 6.45) is 9.38. The minimum atomic E-state index is 0.740. The van der Waals surface area contributed by atoms with E-state index in [1.165, 1.54) is 43.2 Å². The summed E-state index contributed by atoms with van der Waals surface area (Å²) in [7, 11) is 0. The van der Waals surface area contributed by atoms with Gasteiger partial charge in [-0.05, 0) is 0 Å². The molecule has 0 radical (unpaired) electrons. The van der Waals surface area contributed by atoms with Crippen molar-refractivity contribution in [1.29, 1.82) is 0 Å². The molecule has 0 heterocycles. The van der Waals surface area contributed by atoms with Crippen LogP contribution in [0.5, 0.6) is 0 Å². The zero-order valence-corrected chi connectivity index (χ0v) is 14.0. The van der Waals surface area contributed by atoms with E-state index in [9.17, 15) is 0 Å². The predicted octanol–water partition coefficient (Wildman–Crippen LogP) is 5.33. The van der Waals surface area contributed by atoms with E-state index in [1.54, 1.807) is 3.80 Å². The normalized spacial score (nSPS) is 12.4. The number of hydrogen-bond acceptors (Lipinski definition) is 1. The van der Waals surface area contributed by atoms with Crippen LogP contribution in [-0.2, 0) is 0 Å². The van der Waals surface area contributed by atoms with Crippen molar-refractivity contribution in [1.82, 2.24) is 0 Å². The number of rotatable bonds is 10. The molecule has 0 aliphatic heterocycles. The molecule has 0 aromatic heterocycles. The SMILES string of the molecule is CCCCCC/C=C(/SCC(C)C)[Se]CC. The van der Waals surface area contributed by atoms with E-state index in [0.717, 1.165) is 20.9 Å². The van der Waals surface area contributed by atoms with Crippen LogP contribution >= 0.6 is 11.8 Å². The van der Waals surface area contributed by atoms with Crippen LogP contribution in [0, 0.1) is 5.92 Å². The molecule has 0 fully saturated rings. The molecule has 0 amide bonds. The van der Waals surface area contributed by atoms with Crippen LogP contribution in [0.4, 0.5) is 0 Å². The second-order valence-electron chi connectivity index (χ2n) is 4.51. The summed E-state index contributed by atoms with van der Waals surface area (Å²) in [5, 5.41) is 1.35. The van der Waals surface area contributed by atoms with Gasteiger partial charge in [0.25, 0.3) is 0 Å². The van der Waals surface area contributed by atoms with E-state index < -0.39 is 0 Å². The molecular weight excluding hydrogens is 279 g/mol. The third-order valence-electron chi connectivity index (χ3n) is 2.21. The van der Waals surface area contributed by atoms with Crippen LogP contribution in [0.15, 0.2) is 9.88 Å². The molecule has 0 aliphatic rings. The maximum absolute atomic E-state index is 2.52. The Labute approximate surface area is 113 Å². The predicted molar refractivity (Wildman–Crippen MR) is 80.4 cm³/mol. The van der Waals surface area contributed by atoms with Gasteiger partial charge >= 0.3 is 113 Å². The van der Waals surface area contributed by atoms with Crippen molar-refractivity contribution in [2.45, 2.75) is 65.1 Å². The van der Waals surface area contributed by atoms with Crippen molar-refractivity contribution >= 4 is 26.7 Å². The topological polar surface area (TPSA) is 0 Å². The number of hydrogen-bond donors (Lipinski definition) is 0. The molecule has 0 aliphatic carbocycles. The maximum atomic E-state index is 2.52. The summed E-state index contributed by atoms with van der Waals surface area (Å²) < 4.78 is 1.69. The van der Waals surface area contributed by atoms with Crippen molar-refractivity contribution in [3.8, 4) is 0 Å². The van der Waals surface area contributed by atoms with Gasteiger partial charge in [-0.15, -0.1) is 0 Å². The Bertz CT molecular complexity index is 176. The van der Waals surface area contributed by atoms with Gasteiger partial charge in [-0.3, -0.25) is 0 Å². The quantitative estimate of drug-likeness (QED) is 0.388. The van der Waals surface area contributed by atoms with Crippen LogP contribution < -0.4 is 0 Å². The Hall–Kier alpha value is 0.609. The Kier molecular flexibility index (Phi) is 12.5. The monoisotopic (exact) mass is 308 g/mol. The second kappa shape index (κ2) is 12.1. The zero-order chi connectivity index (χ0) is 12.2. The first-order chi connectivity index (χ1) is 7.70. The summed E-state index contributed by atoms with van der Waals surface area (Å²) in [5.41, 5.74) is 0. The van der Waals surface area contributed by atoms with Gasteiger partial charge in [0.1, 0.15) is 0 Å². The molecule has 0 spiro atoms. The molecule has 0 aromatic carbocycles. The molecule has 0 rings (SSSR count). The van der Waals surface area contributed by atoms with Gasteiger partial charge in [-0.25, -0.2) is 0 Å². The van der Waals surface area contributed by atoms with Gasteiger partial charge in [0, 0.05) is 0 Å². The third kappa shape index (κ3) is 11.1. The molecule has 0 saturated carbocycles. The average Bonchev–Trinajstić information content (AvgIpc) is 2.25. The van der Waals surface area contributed by atoms with Crippen LogP contribution in [0.2, 0.25) is 5.32 Å². The fraction of sp³-hybridized carbons (Fsp3) is 0.857. The van der Waals surface area contributed by atoms with Crippen LogP contribution in [0.25, 0.3) is 0 Å². The minimum absolute atomic E-state index is 0.740. The molecule has 0 saturated heterocycles. The first kappa shape index (κ1) is 16.6. The molecule has 96 valence electrons. The molecule has 0 aromatic rings. The van der Waals surface area contributed by atoms with E-state index in [4.69, 9.17) is 0 Å². The number of unbranched alkanes of at least 4 members (excludes halogenated alkanes) is 4. The Balaban J connectivity index is 3.75. The molecule has 0 unspecified atom stereocenters. The second-order valence-corrected chi connectivity index (χ2v) is 8.90. The molecule has 0 N–H and O–H groups in total. The van der Waals surface area contributed by atoms with Gasteiger partial charge in [-0.2, -0.15) is 0 Å². The fourth-order valence-electron chi connectivity index (χ4n) is 1.34. The Morgan fingerprint density at radius 2 is 1.94 bits per heavy atom. The summed E-state index contributed by atoms with van der Waals surface area (Å²) >= 11 is 2.85. The first-order valence-electron chi connectivity index (χ1n) is 6.66. The van der Waals surface area contributed by atoms with Gasteiger partial charge in [0.2, 0.25) is 0 Å². The van der Waals surface area contributed by atoms with E-state index in [0.29, 0.717) is 0 Å². The van der Waals surface area contributed by atoms with Gasteiger partial charge in [-0.1, -0.05) is 0 Å². The van der Waals surface area contributed by atoms with Crippen molar-refractivity contribution in [3.63, 3.8) is 0 Å². The summed E-state index contributed by atoms with van der Waals surface area (Å²) in [6.45, 7) is 9.20. The summed E-state index contributed by atoms with van der Waals surface area (Å²) in [5.74, 6) is 2.11. The third-order valence-corrected chi connectivity index (χ3v) is 6.41.